The summed E-state index contributed by atoms with van der Waals surface area (Å²) in [5, 5.41) is 21.7. The molecule has 0 saturated carbocycles. The molecule has 0 saturated heterocycles. The maximum atomic E-state index is 11.9. The van der Waals surface area contributed by atoms with E-state index in [4.69, 9.17) is 14.7 Å². The van der Waals surface area contributed by atoms with E-state index in [1.807, 2.05) is 13.0 Å². The van der Waals surface area contributed by atoms with Crippen LogP contribution in [0, 0.1) is 11.3 Å². The minimum Gasteiger partial charge on any atom is -0.502 e. The summed E-state index contributed by atoms with van der Waals surface area (Å²) in [6.07, 6.45) is 3.23. The molecule has 0 atom stereocenters. The van der Waals surface area contributed by atoms with Crippen LogP contribution in [-0.4, -0.2) is 31.8 Å². The number of amides is 1. The molecule has 0 spiro atoms. The summed E-state index contributed by atoms with van der Waals surface area (Å²) < 4.78 is 10.1. The third-order valence-corrected chi connectivity index (χ3v) is 2.99. The van der Waals surface area contributed by atoms with Gasteiger partial charge in [-0.3, -0.25) is 4.79 Å². The van der Waals surface area contributed by atoms with Crippen LogP contribution in [0.4, 0.5) is 0 Å². The highest BCUT2D eigenvalue weighted by atomic mass is 16.5. The Bertz CT molecular complexity index is 578. The number of benzene rings is 1. The van der Waals surface area contributed by atoms with Gasteiger partial charge in [0.15, 0.2) is 11.5 Å². The molecule has 2 N–H and O–H groups in total. The minimum atomic E-state index is -0.429. The Kier molecular flexibility index (Phi) is 6.77. The highest BCUT2D eigenvalue weighted by Crippen LogP contribution is 2.37. The third-order valence-electron chi connectivity index (χ3n) is 2.99. The van der Waals surface area contributed by atoms with Crippen molar-refractivity contribution in [3.8, 4) is 23.3 Å². The quantitative estimate of drug-likeness (QED) is 0.458. The fraction of sp³-hybridized carbons (Fsp3) is 0.375. The Labute approximate surface area is 130 Å². The van der Waals surface area contributed by atoms with Crippen LogP contribution in [0.2, 0.25) is 0 Å². The van der Waals surface area contributed by atoms with Crippen LogP contribution >= 0.6 is 0 Å². The van der Waals surface area contributed by atoms with Crippen molar-refractivity contribution in [2.75, 3.05) is 20.8 Å². The molecule has 0 bridgehead atoms. The van der Waals surface area contributed by atoms with Crippen molar-refractivity contribution in [1.82, 2.24) is 5.32 Å². The number of hydrogen-bond donors (Lipinski definition) is 2. The normalized spacial score (nSPS) is 10.7. The number of aromatic hydroxyl groups is 1. The van der Waals surface area contributed by atoms with E-state index in [1.165, 1.54) is 32.4 Å². The first-order valence-electron chi connectivity index (χ1n) is 6.92. The van der Waals surface area contributed by atoms with Crippen LogP contribution in [0.3, 0.4) is 0 Å². The number of nitriles is 1. The molecule has 6 heteroatoms. The molecule has 1 aromatic rings. The molecular formula is C16H20N2O4. The third kappa shape index (κ3) is 4.42. The lowest BCUT2D eigenvalue weighted by Gasteiger charge is -2.10. The lowest BCUT2D eigenvalue weighted by Crippen LogP contribution is -2.25. The van der Waals surface area contributed by atoms with Gasteiger partial charge in [0.05, 0.1) is 14.2 Å². The first-order valence-corrected chi connectivity index (χ1v) is 6.92. The number of hydrogen-bond acceptors (Lipinski definition) is 5. The Morgan fingerprint density at radius 3 is 2.41 bits per heavy atom. The number of nitrogens with one attached hydrogen (secondary N) is 1. The molecule has 22 heavy (non-hydrogen) atoms. The summed E-state index contributed by atoms with van der Waals surface area (Å²) in [4.78, 5) is 11.9. The fourth-order valence-electron chi connectivity index (χ4n) is 1.79. The zero-order chi connectivity index (χ0) is 16.5. The summed E-state index contributed by atoms with van der Waals surface area (Å²) in [7, 11) is 2.81. The Balaban J connectivity index is 3.07. The van der Waals surface area contributed by atoms with Gasteiger partial charge in [0.1, 0.15) is 11.6 Å². The van der Waals surface area contributed by atoms with E-state index in [9.17, 15) is 9.90 Å². The van der Waals surface area contributed by atoms with Gasteiger partial charge in [-0.2, -0.15) is 5.26 Å². The molecule has 0 unspecified atom stereocenters. The lowest BCUT2D eigenvalue weighted by molar-refractivity contribution is -0.117. The lowest BCUT2D eigenvalue weighted by atomic mass is 10.1. The van der Waals surface area contributed by atoms with Gasteiger partial charge in [0.25, 0.3) is 5.91 Å². The van der Waals surface area contributed by atoms with Crippen LogP contribution in [0.15, 0.2) is 17.7 Å². The zero-order valence-electron chi connectivity index (χ0n) is 13.0. The second-order valence-corrected chi connectivity index (χ2v) is 4.55. The van der Waals surface area contributed by atoms with Gasteiger partial charge in [-0.15, -0.1) is 0 Å². The SMILES string of the molecule is CCCCNC(=O)/C(C#N)=C/c1cc(OC)c(O)c(OC)c1. The Morgan fingerprint density at radius 1 is 1.36 bits per heavy atom. The van der Waals surface area contributed by atoms with Gasteiger partial charge in [0.2, 0.25) is 5.75 Å². The molecule has 0 aromatic heterocycles. The van der Waals surface area contributed by atoms with Gasteiger partial charge in [-0.1, -0.05) is 13.3 Å². The summed E-state index contributed by atoms with van der Waals surface area (Å²) in [6.45, 7) is 2.54. The monoisotopic (exact) mass is 304 g/mol. The number of unbranched alkanes of at least 4 members (excludes halogenated alkanes) is 1. The van der Waals surface area contributed by atoms with Gasteiger partial charge in [-0.05, 0) is 30.2 Å². The van der Waals surface area contributed by atoms with Crippen LogP contribution < -0.4 is 14.8 Å². The number of carbonyl (C=O) groups excluding carboxylic acids is 1. The topological polar surface area (TPSA) is 91.6 Å². The molecule has 0 heterocycles. The first kappa shape index (κ1) is 17.4. The summed E-state index contributed by atoms with van der Waals surface area (Å²) in [5.41, 5.74) is 0.500. The first-order chi connectivity index (χ1) is 10.6. The van der Waals surface area contributed by atoms with Crippen molar-refractivity contribution in [2.24, 2.45) is 0 Å². The molecule has 0 aliphatic heterocycles. The fourth-order valence-corrected chi connectivity index (χ4v) is 1.79. The number of carbonyl (C=O) groups is 1. The average molecular weight is 304 g/mol. The predicted molar refractivity (Wildman–Crippen MR) is 82.7 cm³/mol. The van der Waals surface area contributed by atoms with Crippen molar-refractivity contribution in [1.29, 1.82) is 5.26 Å². The molecule has 0 aliphatic carbocycles. The summed E-state index contributed by atoms with van der Waals surface area (Å²) in [5.74, 6) is -0.154. The minimum absolute atomic E-state index is 0.0223. The van der Waals surface area contributed by atoms with E-state index < -0.39 is 5.91 Å². The molecule has 0 aliphatic rings. The van der Waals surface area contributed by atoms with Crippen molar-refractivity contribution in [2.45, 2.75) is 19.8 Å². The number of phenols is 1. The number of rotatable bonds is 7. The molecular weight excluding hydrogens is 284 g/mol. The number of phenolic OH excluding ortho intramolecular Hbond substituents is 1. The average Bonchev–Trinajstić information content (AvgIpc) is 2.53. The molecule has 1 rings (SSSR count). The molecule has 0 fully saturated rings. The van der Waals surface area contributed by atoms with Crippen LogP contribution in [-0.2, 0) is 4.79 Å². The van der Waals surface area contributed by atoms with E-state index in [2.05, 4.69) is 5.32 Å². The number of methoxy groups -OCH3 is 2. The van der Waals surface area contributed by atoms with E-state index in [0.29, 0.717) is 12.1 Å². The molecule has 1 aromatic carbocycles. The van der Waals surface area contributed by atoms with Crippen molar-refractivity contribution in [3.63, 3.8) is 0 Å². The van der Waals surface area contributed by atoms with Crippen molar-refractivity contribution >= 4 is 12.0 Å². The maximum absolute atomic E-state index is 11.9. The van der Waals surface area contributed by atoms with Gasteiger partial charge in [-0.25, -0.2) is 0 Å². The standard InChI is InChI=1S/C16H20N2O4/c1-4-5-6-18-16(20)12(10-17)7-11-8-13(21-2)15(19)14(9-11)22-3/h7-9,19H,4-6H2,1-3H3,(H,18,20)/b12-7+. The smallest absolute Gasteiger partial charge is 0.261 e. The predicted octanol–water partition coefficient (Wildman–Crippen LogP) is 2.23. The maximum Gasteiger partial charge on any atom is 0.261 e. The summed E-state index contributed by atoms with van der Waals surface area (Å²) in [6, 6.07) is 4.92. The van der Waals surface area contributed by atoms with Crippen LogP contribution in [0.1, 0.15) is 25.3 Å². The Morgan fingerprint density at radius 2 is 1.95 bits per heavy atom. The van der Waals surface area contributed by atoms with Gasteiger partial charge in [0, 0.05) is 6.54 Å². The van der Waals surface area contributed by atoms with E-state index in [0.717, 1.165) is 12.8 Å². The Hall–Kier alpha value is -2.68. The van der Waals surface area contributed by atoms with E-state index >= 15 is 0 Å². The number of ether oxygens (including phenoxy) is 2. The van der Waals surface area contributed by atoms with E-state index in [1.54, 1.807) is 0 Å². The van der Waals surface area contributed by atoms with Crippen LogP contribution in [0.5, 0.6) is 17.2 Å². The van der Waals surface area contributed by atoms with Gasteiger partial charge < -0.3 is 19.9 Å². The molecule has 6 nitrogen and oxygen atoms in total. The van der Waals surface area contributed by atoms with Crippen molar-refractivity contribution < 1.29 is 19.4 Å². The van der Waals surface area contributed by atoms with Crippen LogP contribution in [0.25, 0.3) is 6.08 Å². The van der Waals surface area contributed by atoms with Gasteiger partial charge >= 0.3 is 0 Å². The zero-order valence-corrected chi connectivity index (χ0v) is 13.0. The highest BCUT2D eigenvalue weighted by Gasteiger charge is 2.13. The summed E-state index contributed by atoms with van der Waals surface area (Å²) >= 11 is 0. The largest absolute Gasteiger partial charge is 0.502 e. The second kappa shape index (κ2) is 8.57. The highest BCUT2D eigenvalue weighted by molar-refractivity contribution is 6.01. The second-order valence-electron chi connectivity index (χ2n) is 4.55. The van der Waals surface area contributed by atoms with E-state index in [-0.39, 0.29) is 22.8 Å². The molecule has 118 valence electrons. The van der Waals surface area contributed by atoms with Crippen molar-refractivity contribution in [3.05, 3.63) is 23.3 Å². The number of nitrogens with zero attached hydrogens (tertiary/aromatic N) is 1. The molecule has 0 radical (unpaired) electrons. The molecule has 1 amide bonds.